The lowest BCUT2D eigenvalue weighted by atomic mass is 9.95. The second-order valence-corrected chi connectivity index (χ2v) is 7.79. The van der Waals surface area contributed by atoms with Crippen LogP contribution >= 0.6 is 0 Å². The third-order valence-corrected chi connectivity index (χ3v) is 5.48. The van der Waals surface area contributed by atoms with E-state index in [1.807, 2.05) is 66.7 Å². The van der Waals surface area contributed by atoms with E-state index in [0.717, 1.165) is 22.0 Å². The maximum absolute atomic E-state index is 13.6. The maximum Gasteiger partial charge on any atom is 0.248 e. The lowest BCUT2D eigenvalue weighted by Crippen LogP contribution is -2.36. The maximum atomic E-state index is 13.6. The quantitative estimate of drug-likeness (QED) is 0.375. The topological polar surface area (TPSA) is 88.0 Å². The fourth-order valence-electron chi connectivity index (χ4n) is 3.90. The Bertz CT molecular complexity index is 1200. The van der Waals surface area contributed by atoms with Crippen LogP contribution < -0.4 is 11.1 Å². The lowest BCUT2D eigenvalue weighted by molar-refractivity contribution is 0.0937. The van der Waals surface area contributed by atoms with Crippen LogP contribution in [0.1, 0.15) is 44.8 Å². The van der Waals surface area contributed by atoms with Gasteiger partial charge in [-0.15, -0.1) is 0 Å². The van der Waals surface area contributed by atoms with E-state index in [1.54, 1.807) is 18.3 Å². The van der Waals surface area contributed by atoms with Gasteiger partial charge in [0.2, 0.25) is 5.91 Å². The zero-order valence-electron chi connectivity index (χ0n) is 17.3. The molecule has 0 aliphatic rings. The molecular formula is C26H25N3O2. The van der Waals surface area contributed by atoms with Gasteiger partial charge in [-0.05, 0) is 42.7 Å². The van der Waals surface area contributed by atoms with E-state index < -0.39 is 11.9 Å². The minimum atomic E-state index is -0.472. The Morgan fingerprint density at radius 2 is 1.61 bits per heavy atom. The molecule has 2 atom stereocenters. The molecule has 1 heterocycles. The summed E-state index contributed by atoms with van der Waals surface area (Å²) in [5.41, 5.74) is 9.42. The van der Waals surface area contributed by atoms with Crippen molar-refractivity contribution in [2.24, 2.45) is 5.73 Å². The van der Waals surface area contributed by atoms with Gasteiger partial charge in [0.1, 0.15) is 0 Å². The Hall–Kier alpha value is -3.70. The van der Waals surface area contributed by atoms with E-state index in [1.165, 1.54) is 0 Å². The number of nitrogens with one attached hydrogen (secondary N) is 2. The number of hydrogen-bond acceptors (Lipinski definition) is 3. The van der Waals surface area contributed by atoms with Gasteiger partial charge in [-0.3, -0.25) is 9.59 Å². The van der Waals surface area contributed by atoms with Crippen molar-refractivity contribution in [3.8, 4) is 0 Å². The number of Topliss-reactive ketones (excluding diaryl/α,β-unsaturated/α-hetero) is 1. The number of carbonyl (C=O) groups is 2. The highest BCUT2D eigenvalue weighted by Gasteiger charge is 2.25. The molecule has 4 N–H and O–H groups in total. The number of carbonyl (C=O) groups excluding carboxylic acids is 2. The standard InChI is InChI=1S/C26H25N3O2/c1-17(15-18-11-13-20(14-12-18)26(27)31)29-24(19-7-3-2-4-8-19)25(30)22-16-28-23-10-6-5-9-21(22)23/h2-14,16-17,24,28-29H,15H2,1H3,(H2,27,31)/t17-,24+/m1/s1. The van der Waals surface area contributed by atoms with Crippen molar-refractivity contribution in [1.82, 2.24) is 10.3 Å². The summed E-state index contributed by atoms with van der Waals surface area (Å²) < 4.78 is 0. The molecule has 0 aliphatic carbocycles. The Kier molecular flexibility index (Phi) is 5.96. The number of amides is 1. The molecule has 0 radical (unpaired) electrons. The number of rotatable bonds is 8. The fourth-order valence-corrected chi connectivity index (χ4v) is 3.90. The molecule has 156 valence electrons. The largest absolute Gasteiger partial charge is 0.366 e. The number of hydrogen-bond donors (Lipinski definition) is 3. The Balaban J connectivity index is 1.58. The van der Waals surface area contributed by atoms with Gasteiger partial charge < -0.3 is 16.0 Å². The molecular weight excluding hydrogens is 386 g/mol. The van der Waals surface area contributed by atoms with Crippen LogP contribution in [0.15, 0.2) is 85.1 Å². The average Bonchev–Trinajstić information content (AvgIpc) is 3.22. The molecule has 1 amide bonds. The average molecular weight is 412 g/mol. The number of ketones is 1. The summed E-state index contributed by atoms with van der Waals surface area (Å²) in [4.78, 5) is 28.1. The van der Waals surface area contributed by atoms with Gasteiger partial charge in [0.15, 0.2) is 5.78 Å². The van der Waals surface area contributed by atoms with Gasteiger partial charge in [-0.1, -0.05) is 60.7 Å². The number of aromatic nitrogens is 1. The summed E-state index contributed by atoms with van der Waals surface area (Å²) in [6.45, 7) is 2.06. The van der Waals surface area contributed by atoms with Gasteiger partial charge in [0.25, 0.3) is 0 Å². The number of benzene rings is 3. The Labute approximate surface area is 181 Å². The van der Waals surface area contributed by atoms with E-state index >= 15 is 0 Å². The molecule has 1 aromatic heterocycles. The van der Waals surface area contributed by atoms with Crippen LogP contribution in [0.3, 0.4) is 0 Å². The van der Waals surface area contributed by atoms with E-state index in [4.69, 9.17) is 5.73 Å². The summed E-state index contributed by atoms with van der Waals surface area (Å²) in [6.07, 6.45) is 2.50. The van der Waals surface area contributed by atoms with Gasteiger partial charge >= 0.3 is 0 Å². The number of para-hydroxylation sites is 1. The molecule has 5 nitrogen and oxygen atoms in total. The van der Waals surface area contributed by atoms with Crippen LogP contribution in [0.2, 0.25) is 0 Å². The summed E-state index contributed by atoms with van der Waals surface area (Å²) >= 11 is 0. The predicted octanol–water partition coefficient (Wildman–Crippen LogP) is 4.41. The lowest BCUT2D eigenvalue weighted by Gasteiger charge is -2.23. The first kappa shape index (κ1) is 20.6. The summed E-state index contributed by atoms with van der Waals surface area (Å²) in [6, 6.07) is 24.4. The number of aromatic amines is 1. The van der Waals surface area contributed by atoms with Gasteiger partial charge in [-0.2, -0.15) is 0 Å². The number of nitrogens with two attached hydrogens (primary N) is 1. The van der Waals surface area contributed by atoms with E-state index in [2.05, 4.69) is 17.2 Å². The van der Waals surface area contributed by atoms with Crippen molar-refractivity contribution in [2.75, 3.05) is 0 Å². The molecule has 0 aliphatic heterocycles. The second kappa shape index (κ2) is 8.98. The Morgan fingerprint density at radius 1 is 0.935 bits per heavy atom. The number of H-pyrrole nitrogens is 1. The van der Waals surface area contributed by atoms with Crippen molar-refractivity contribution in [3.63, 3.8) is 0 Å². The van der Waals surface area contributed by atoms with Crippen LogP contribution in [0.5, 0.6) is 0 Å². The normalized spacial score (nSPS) is 13.1. The zero-order chi connectivity index (χ0) is 21.8. The molecule has 4 rings (SSSR count). The van der Waals surface area contributed by atoms with Crippen molar-refractivity contribution >= 4 is 22.6 Å². The van der Waals surface area contributed by atoms with Crippen LogP contribution in [-0.4, -0.2) is 22.7 Å². The molecule has 3 aromatic carbocycles. The van der Waals surface area contributed by atoms with Crippen LogP contribution in [0.25, 0.3) is 10.9 Å². The molecule has 4 aromatic rings. The monoisotopic (exact) mass is 411 g/mol. The highest BCUT2D eigenvalue weighted by Crippen LogP contribution is 2.25. The first-order chi connectivity index (χ1) is 15.0. The summed E-state index contributed by atoms with van der Waals surface area (Å²) in [5.74, 6) is -0.411. The minimum absolute atomic E-state index is 0.0267. The van der Waals surface area contributed by atoms with Gasteiger partial charge in [0, 0.05) is 34.3 Å². The zero-order valence-corrected chi connectivity index (χ0v) is 17.3. The van der Waals surface area contributed by atoms with Crippen LogP contribution in [-0.2, 0) is 6.42 Å². The third kappa shape index (κ3) is 4.57. The summed E-state index contributed by atoms with van der Waals surface area (Å²) in [5, 5.41) is 4.44. The molecule has 0 saturated heterocycles. The highest BCUT2D eigenvalue weighted by atomic mass is 16.1. The van der Waals surface area contributed by atoms with E-state index in [9.17, 15) is 9.59 Å². The smallest absolute Gasteiger partial charge is 0.248 e. The van der Waals surface area contributed by atoms with Crippen molar-refractivity contribution in [2.45, 2.75) is 25.4 Å². The number of fused-ring (bicyclic) bond motifs is 1. The predicted molar refractivity (Wildman–Crippen MR) is 123 cm³/mol. The molecule has 0 spiro atoms. The first-order valence-electron chi connectivity index (χ1n) is 10.3. The molecule has 0 unspecified atom stereocenters. The van der Waals surface area contributed by atoms with Gasteiger partial charge in [0.05, 0.1) is 6.04 Å². The molecule has 0 fully saturated rings. The van der Waals surface area contributed by atoms with E-state index in [-0.39, 0.29) is 11.8 Å². The SMILES string of the molecule is C[C@H](Cc1ccc(C(N)=O)cc1)N[C@H](C(=O)c1c[nH]c2ccccc12)c1ccccc1. The molecule has 31 heavy (non-hydrogen) atoms. The van der Waals surface area contributed by atoms with Crippen LogP contribution in [0, 0.1) is 0 Å². The summed E-state index contributed by atoms with van der Waals surface area (Å²) in [7, 11) is 0. The Morgan fingerprint density at radius 3 is 2.32 bits per heavy atom. The highest BCUT2D eigenvalue weighted by molar-refractivity contribution is 6.10. The fraction of sp³-hybridized carbons (Fsp3) is 0.154. The van der Waals surface area contributed by atoms with Gasteiger partial charge in [-0.25, -0.2) is 0 Å². The van der Waals surface area contributed by atoms with E-state index in [0.29, 0.717) is 17.5 Å². The first-order valence-corrected chi connectivity index (χ1v) is 10.3. The number of primary amides is 1. The third-order valence-electron chi connectivity index (χ3n) is 5.48. The molecule has 0 bridgehead atoms. The molecule has 0 saturated carbocycles. The molecule has 5 heteroatoms. The minimum Gasteiger partial charge on any atom is -0.366 e. The van der Waals surface area contributed by atoms with Crippen molar-refractivity contribution < 1.29 is 9.59 Å². The van der Waals surface area contributed by atoms with Crippen LogP contribution in [0.4, 0.5) is 0 Å². The van der Waals surface area contributed by atoms with Crippen molar-refractivity contribution in [1.29, 1.82) is 0 Å². The van der Waals surface area contributed by atoms with Crippen molar-refractivity contribution in [3.05, 3.63) is 107 Å². The second-order valence-electron chi connectivity index (χ2n) is 7.79.